The molecule has 6 nitrogen and oxygen atoms in total. The molecular weight excluding hydrogens is 480 g/mol. The second kappa shape index (κ2) is 13.4. The monoisotopic (exact) mass is 526 g/mol. The number of nitrogens with zero attached hydrogens (tertiary/aromatic N) is 2. The Kier molecular flexibility index (Phi) is 10.6. The molecule has 1 aliphatic heterocycles. The Bertz CT molecular complexity index is 991. The van der Waals surface area contributed by atoms with Crippen molar-refractivity contribution in [2.75, 3.05) is 34.0 Å². The number of hydrazone groups is 1. The molecule has 0 radical (unpaired) electrons. The van der Waals surface area contributed by atoms with Gasteiger partial charge in [0.15, 0.2) is 5.75 Å². The van der Waals surface area contributed by atoms with Crippen molar-refractivity contribution < 1.29 is 18.6 Å². The Morgan fingerprint density at radius 2 is 1.81 bits per heavy atom. The van der Waals surface area contributed by atoms with E-state index in [1.165, 1.54) is 11.1 Å². The highest BCUT2D eigenvalue weighted by Crippen LogP contribution is 2.40. The van der Waals surface area contributed by atoms with Crippen LogP contribution in [0.5, 0.6) is 11.5 Å². The minimum absolute atomic E-state index is 0.116. The fourth-order valence-corrected chi connectivity index (χ4v) is 5.25. The van der Waals surface area contributed by atoms with Gasteiger partial charge in [-0.25, -0.2) is 0 Å². The van der Waals surface area contributed by atoms with Crippen molar-refractivity contribution in [3.63, 3.8) is 0 Å². The van der Waals surface area contributed by atoms with Crippen molar-refractivity contribution in [2.45, 2.75) is 70.8 Å². The Hall–Kier alpha value is -2.35. The van der Waals surface area contributed by atoms with Crippen LogP contribution in [-0.2, 0) is 22.5 Å². The number of benzene rings is 2. The van der Waals surface area contributed by atoms with Gasteiger partial charge in [-0.2, -0.15) is 5.10 Å². The summed E-state index contributed by atoms with van der Waals surface area (Å²) in [6, 6.07) is 16.9. The van der Waals surface area contributed by atoms with Gasteiger partial charge in [-0.15, -0.1) is 0 Å². The summed E-state index contributed by atoms with van der Waals surface area (Å²) in [6.45, 7) is 14.1. The van der Waals surface area contributed by atoms with E-state index in [0.717, 1.165) is 37.3 Å². The summed E-state index contributed by atoms with van der Waals surface area (Å²) in [5.41, 5.74) is 2.35. The van der Waals surface area contributed by atoms with E-state index in [2.05, 4.69) is 75.4 Å². The molecule has 37 heavy (non-hydrogen) atoms. The van der Waals surface area contributed by atoms with E-state index in [4.69, 9.17) is 23.7 Å². The van der Waals surface area contributed by atoms with Gasteiger partial charge in [-0.05, 0) is 60.7 Å². The summed E-state index contributed by atoms with van der Waals surface area (Å²) in [5, 5.41) is 7.17. The minimum atomic E-state index is -1.97. The summed E-state index contributed by atoms with van der Waals surface area (Å²) in [4.78, 5) is 0. The lowest BCUT2D eigenvalue weighted by Gasteiger charge is -2.36. The summed E-state index contributed by atoms with van der Waals surface area (Å²) in [7, 11) is 1.50. The maximum Gasteiger partial charge on any atom is 0.250 e. The first-order chi connectivity index (χ1) is 17.6. The molecule has 204 valence electrons. The molecule has 0 N–H and O–H groups in total. The highest BCUT2D eigenvalue weighted by molar-refractivity contribution is 6.74. The molecule has 2 aromatic carbocycles. The van der Waals surface area contributed by atoms with Crippen molar-refractivity contribution in [3.05, 3.63) is 59.7 Å². The average Bonchev–Trinajstić information content (AvgIpc) is 3.30. The third-order valence-electron chi connectivity index (χ3n) is 7.47. The standard InChI is InChI=1S/C30H46N2O4Si/c1-30(2,3)37(6,7)36-28-16-15-25(19-29(28)34-5)18-26(22-35-21-24-12-9-8-10-13-24)20-31-32-17-11-14-27(32)23-33-4/h8-10,12-13,15-16,19-20,26-27H,11,14,17-18,21-23H2,1-7H3/b31-20+/t26-,27+/m0/s1. The van der Waals surface area contributed by atoms with E-state index in [9.17, 15) is 0 Å². The van der Waals surface area contributed by atoms with E-state index in [0.29, 0.717) is 25.9 Å². The Balaban J connectivity index is 1.74. The van der Waals surface area contributed by atoms with Crippen LogP contribution in [0, 0.1) is 5.92 Å². The first-order valence-corrected chi connectivity index (χ1v) is 16.3. The van der Waals surface area contributed by atoms with Gasteiger partial charge in [0.25, 0.3) is 8.32 Å². The molecule has 1 aliphatic rings. The third-order valence-corrected chi connectivity index (χ3v) is 11.8. The first-order valence-electron chi connectivity index (χ1n) is 13.4. The minimum Gasteiger partial charge on any atom is -0.541 e. The smallest absolute Gasteiger partial charge is 0.250 e. The van der Waals surface area contributed by atoms with Gasteiger partial charge in [-0.3, -0.25) is 5.01 Å². The second-order valence-corrected chi connectivity index (χ2v) is 16.2. The van der Waals surface area contributed by atoms with Crippen LogP contribution in [0.15, 0.2) is 53.6 Å². The topological polar surface area (TPSA) is 52.5 Å². The second-order valence-electron chi connectivity index (χ2n) is 11.5. The highest BCUT2D eigenvalue weighted by Gasteiger charge is 2.39. The fourth-order valence-electron chi connectivity index (χ4n) is 4.23. The summed E-state index contributed by atoms with van der Waals surface area (Å²) >= 11 is 0. The third kappa shape index (κ3) is 8.59. The molecule has 0 aliphatic carbocycles. The van der Waals surface area contributed by atoms with Gasteiger partial charge in [-0.1, -0.05) is 57.2 Å². The van der Waals surface area contributed by atoms with Gasteiger partial charge < -0.3 is 18.6 Å². The summed E-state index contributed by atoms with van der Waals surface area (Å²) in [5.74, 6) is 1.73. The molecule has 2 atom stereocenters. The van der Waals surface area contributed by atoms with Crippen LogP contribution in [0.1, 0.15) is 44.7 Å². The van der Waals surface area contributed by atoms with Gasteiger partial charge >= 0.3 is 0 Å². The molecule has 0 bridgehead atoms. The molecular formula is C30H46N2O4Si. The maximum absolute atomic E-state index is 6.56. The molecule has 0 amide bonds. The van der Waals surface area contributed by atoms with Crippen LogP contribution in [0.2, 0.25) is 18.1 Å². The van der Waals surface area contributed by atoms with Gasteiger partial charge in [0.2, 0.25) is 0 Å². The largest absolute Gasteiger partial charge is 0.541 e. The first kappa shape index (κ1) is 29.2. The van der Waals surface area contributed by atoms with Crippen LogP contribution in [0.3, 0.4) is 0 Å². The van der Waals surface area contributed by atoms with Crippen LogP contribution in [-0.4, -0.2) is 59.6 Å². The number of ether oxygens (including phenoxy) is 3. The predicted molar refractivity (Wildman–Crippen MR) is 154 cm³/mol. The van der Waals surface area contributed by atoms with E-state index >= 15 is 0 Å². The van der Waals surface area contributed by atoms with E-state index in [1.54, 1.807) is 14.2 Å². The quantitative estimate of drug-likeness (QED) is 0.219. The molecule has 2 aromatic rings. The Labute approximate surface area is 225 Å². The van der Waals surface area contributed by atoms with Gasteiger partial charge in [0.1, 0.15) is 5.75 Å². The molecule has 1 heterocycles. The fraction of sp³-hybridized carbons (Fsp3) is 0.567. The highest BCUT2D eigenvalue weighted by atomic mass is 28.4. The van der Waals surface area contributed by atoms with Crippen LogP contribution in [0.4, 0.5) is 0 Å². The molecule has 1 saturated heterocycles. The molecule has 0 saturated carbocycles. The lowest BCUT2D eigenvalue weighted by Crippen LogP contribution is -2.43. The number of hydrogen-bond acceptors (Lipinski definition) is 6. The van der Waals surface area contributed by atoms with Crippen molar-refractivity contribution in [1.29, 1.82) is 0 Å². The van der Waals surface area contributed by atoms with E-state index in [-0.39, 0.29) is 11.0 Å². The van der Waals surface area contributed by atoms with E-state index < -0.39 is 8.32 Å². The SMILES string of the molecule is COC[C@H]1CCCN1/N=C/[C@@H](COCc1ccccc1)Cc1ccc(O[Si](C)(C)C(C)(C)C)c(OC)c1. The van der Waals surface area contributed by atoms with Crippen molar-refractivity contribution >= 4 is 14.5 Å². The van der Waals surface area contributed by atoms with Crippen LogP contribution >= 0.6 is 0 Å². The average molecular weight is 527 g/mol. The lowest BCUT2D eigenvalue weighted by atomic mass is 10.0. The molecule has 3 rings (SSSR count). The number of rotatable bonds is 13. The van der Waals surface area contributed by atoms with Crippen LogP contribution in [0.25, 0.3) is 0 Å². The Morgan fingerprint density at radius 3 is 2.49 bits per heavy atom. The predicted octanol–water partition coefficient (Wildman–Crippen LogP) is 6.55. The summed E-state index contributed by atoms with van der Waals surface area (Å²) < 4.78 is 23.9. The Morgan fingerprint density at radius 1 is 1.05 bits per heavy atom. The molecule has 0 unspecified atom stereocenters. The lowest BCUT2D eigenvalue weighted by molar-refractivity contribution is 0.102. The van der Waals surface area contributed by atoms with Gasteiger partial charge in [0.05, 0.1) is 33.0 Å². The molecule has 0 spiro atoms. The zero-order chi connectivity index (χ0) is 26.9. The number of hydrogen-bond donors (Lipinski definition) is 0. The molecule has 0 aromatic heterocycles. The zero-order valence-electron chi connectivity index (χ0n) is 23.8. The van der Waals surface area contributed by atoms with Crippen molar-refractivity contribution in [2.24, 2.45) is 11.0 Å². The normalized spacial score (nSPS) is 17.4. The van der Waals surface area contributed by atoms with Crippen LogP contribution < -0.4 is 9.16 Å². The van der Waals surface area contributed by atoms with E-state index in [1.807, 2.05) is 18.2 Å². The number of methoxy groups -OCH3 is 2. The molecule has 1 fully saturated rings. The zero-order valence-corrected chi connectivity index (χ0v) is 24.8. The van der Waals surface area contributed by atoms with Crippen molar-refractivity contribution in [3.8, 4) is 11.5 Å². The molecule has 7 heteroatoms. The maximum atomic E-state index is 6.56. The van der Waals surface area contributed by atoms with Gasteiger partial charge in [0, 0.05) is 25.8 Å². The summed E-state index contributed by atoms with van der Waals surface area (Å²) in [6.07, 6.45) is 5.13. The van der Waals surface area contributed by atoms with Crippen molar-refractivity contribution in [1.82, 2.24) is 5.01 Å².